The van der Waals surface area contributed by atoms with Gasteiger partial charge in [-0.15, -0.1) is 0 Å². The van der Waals surface area contributed by atoms with Gasteiger partial charge in [-0.25, -0.2) is 4.98 Å². The van der Waals surface area contributed by atoms with Gasteiger partial charge in [0.2, 0.25) is 0 Å². The van der Waals surface area contributed by atoms with E-state index in [9.17, 15) is 23.4 Å². The zero-order chi connectivity index (χ0) is 24.3. The van der Waals surface area contributed by atoms with E-state index in [4.69, 9.17) is 9.84 Å². The van der Waals surface area contributed by atoms with Crippen molar-refractivity contribution in [2.45, 2.75) is 31.3 Å². The summed E-state index contributed by atoms with van der Waals surface area (Å²) in [5.41, 5.74) is 1.33. The highest BCUT2D eigenvalue weighted by Crippen LogP contribution is 2.35. The normalized spacial score (nSPS) is 17.6. The van der Waals surface area contributed by atoms with Crippen LogP contribution < -0.4 is 4.74 Å². The van der Waals surface area contributed by atoms with Crippen molar-refractivity contribution in [1.82, 2.24) is 9.88 Å². The minimum absolute atomic E-state index is 0.234. The molecule has 1 aromatic heterocycles. The van der Waals surface area contributed by atoms with E-state index in [1.807, 2.05) is 4.90 Å². The highest BCUT2D eigenvalue weighted by molar-refractivity contribution is 5.60. The van der Waals surface area contributed by atoms with E-state index >= 15 is 0 Å². The molecule has 3 aromatic rings. The third-order valence-corrected chi connectivity index (χ3v) is 5.69. The van der Waals surface area contributed by atoms with E-state index in [0.29, 0.717) is 48.0 Å². The number of benzene rings is 2. The fraction of sp³-hybridized carbons (Fsp3) is 0.320. The molecule has 2 unspecified atom stereocenters. The number of hydrogen-bond acceptors (Lipinski definition) is 6. The van der Waals surface area contributed by atoms with E-state index in [1.54, 1.807) is 42.5 Å². The van der Waals surface area contributed by atoms with Crippen LogP contribution in [-0.2, 0) is 12.7 Å². The Bertz CT molecular complexity index is 1120. The van der Waals surface area contributed by atoms with Gasteiger partial charge >= 0.3 is 6.18 Å². The summed E-state index contributed by atoms with van der Waals surface area (Å²) in [5, 5.41) is 28.7. The lowest BCUT2D eigenvalue weighted by Crippen LogP contribution is -2.22. The average Bonchev–Trinajstić information content (AvgIpc) is 3.24. The highest BCUT2D eigenvalue weighted by Gasteiger charge is 2.32. The van der Waals surface area contributed by atoms with E-state index in [-0.39, 0.29) is 6.54 Å². The van der Waals surface area contributed by atoms with Crippen molar-refractivity contribution in [2.24, 2.45) is 0 Å². The summed E-state index contributed by atoms with van der Waals surface area (Å²) < 4.78 is 45.8. The number of halogens is 3. The third-order valence-electron chi connectivity index (χ3n) is 5.69. The lowest BCUT2D eigenvalue weighted by Gasteiger charge is -2.19. The fourth-order valence-electron chi connectivity index (χ4n) is 3.89. The molecule has 0 saturated carbocycles. The molecule has 1 aliphatic rings. The first-order valence-electron chi connectivity index (χ1n) is 10.9. The molecule has 0 aliphatic carbocycles. The van der Waals surface area contributed by atoms with E-state index in [2.05, 4.69) is 4.98 Å². The fourth-order valence-corrected chi connectivity index (χ4v) is 3.89. The molecule has 2 atom stereocenters. The van der Waals surface area contributed by atoms with Gasteiger partial charge in [-0.3, -0.25) is 4.90 Å². The van der Waals surface area contributed by atoms with Crippen LogP contribution in [0.4, 0.5) is 13.2 Å². The van der Waals surface area contributed by atoms with Crippen LogP contribution in [0.1, 0.15) is 29.3 Å². The van der Waals surface area contributed by atoms with Crippen LogP contribution in [0.15, 0.2) is 60.7 Å². The van der Waals surface area contributed by atoms with Crippen molar-refractivity contribution in [2.75, 3.05) is 19.7 Å². The van der Waals surface area contributed by atoms with Crippen molar-refractivity contribution in [3.8, 4) is 22.8 Å². The second kappa shape index (κ2) is 10.1. The van der Waals surface area contributed by atoms with Gasteiger partial charge in [0.15, 0.2) is 0 Å². The van der Waals surface area contributed by atoms with E-state index in [0.717, 1.165) is 17.7 Å². The Morgan fingerprint density at radius 3 is 2.50 bits per heavy atom. The molecule has 0 bridgehead atoms. The standard InChI is InChI=1S/C25H25F3N2O4/c26-25(27,28)18-6-9-24(17(12-18)13-30-11-10-19(32)14-30)34-20-7-4-16(5-8-20)21-2-1-3-22(29-21)23(33)15-31/h1-9,12,19,23,31-33H,10-11,13-15H2. The van der Waals surface area contributed by atoms with Gasteiger partial charge in [0.05, 0.1) is 29.7 Å². The van der Waals surface area contributed by atoms with Crippen LogP contribution in [-0.4, -0.2) is 51.0 Å². The third kappa shape index (κ3) is 5.74. The van der Waals surface area contributed by atoms with Gasteiger partial charge in [-0.1, -0.05) is 6.07 Å². The predicted molar refractivity (Wildman–Crippen MR) is 119 cm³/mol. The topological polar surface area (TPSA) is 86.0 Å². The first kappa shape index (κ1) is 24.2. The maximum atomic E-state index is 13.3. The Kier molecular flexibility index (Phi) is 7.18. The van der Waals surface area contributed by atoms with Crippen molar-refractivity contribution in [3.05, 3.63) is 77.5 Å². The number of β-amino-alcohol motifs (C(OH)–C–C–N with tert-alkyl or cyclic N) is 1. The molecule has 0 amide bonds. The molecule has 9 heteroatoms. The van der Waals surface area contributed by atoms with Crippen molar-refractivity contribution in [1.29, 1.82) is 0 Å². The molecule has 3 N–H and O–H groups in total. The number of aliphatic hydroxyl groups excluding tert-OH is 3. The summed E-state index contributed by atoms with van der Waals surface area (Å²) >= 11 is 0. The summed E-state index contributed by atoms with van der Waals surface area (Å²) in [6, 6.07) is 15.4. The Morgan fingerprint density at radius 2 is 1.85 bits per heavy atom. The number of rotatable bonds is 7. The molecule has 1 fully saturated rings. The smallest absolute Gasteiger partial charge is 0.416 e. The molecular formula is C25H25F3N2O4. The summed E-state index contributed by atoms with van der Waals surface area (Å²) in [5.74, 6) is 0.756. The van der Waals surface area contributed by atoms with Gasteiger partial charge in [-0.05, 0) is 61.0 Å². The number of aromatic nitrogens is 1. The van der Waals surface area contributed by atoms with Crippen LogP contribution >= 0.6 is 0 Å². The maximum absolute atomic E-state index is 13.3. The van der Waals surface area contributed by atoms with Crippen LogP contribution in [0.25, 0.3) is 11.3 Å². The quantitative estimate of drug-likeness (QED) is 0.477. The Balaban J connectivity index is 1.56. The molecule has 2 heterocycles. The zero-order valence-corrected chi connectivity index (χ0v) is 18.2. The van der Waals surface area contributed by atoms with E-state index in [1.165, 1.54) is 6.07 Å². The Morgan fingerprint density at radius 1 is 1.09 bits per heavy atom. The van der Waals surface area contributed by atoms with Crippen LogP contribution in [0.5, 0.6) is 11.5 Å². The van der Waals surface area contributed by atoms with Crippen molar-refractivity contribution in [3.63, 3.8) is 0 Å². The van der Waals surface area contributed by atoms with Gasteiger partial charge < -0.3 is 20.1 Å². The largest absolute Gasteiger partial charge is 0.457 e. The van der Waals surface area contributed by atoms with Gasteiger partial charge in [0, 0.05) is 30.8 Å². The van der Waals surface area contributed by atoms with Crippen molar-refractivity contribution >= 4 is 0 Å². The molecule has 1 aliphatic heterocycles. The van der Waals surface area contributed by atoms with Gasteiger partial charge in [0.1, 0.15) is 17.6 Å². The second-order valence-corrected chi connectivity index (χ2v) is 8.27. The summed E-state index contributed by atoms with van der Waals surface area (Å²) in [7, 11) is 0. The number of ether oxygens (including phenoxy) is 1. The lowest BCUT2D eigenvalue weighted by molar-refractivity contribution is -0.137. The lowest BCUT2D eigenvalue weighted by atomic mass is 10.1. The molecule has 0 radical (unpaired) electrons. The first-order valence-corrected chi connectivity index (χ1v) is 10.9. The number of hydrogen-bond donors (Lipinski definition) is 3. The SMILES string of the molecule is OCC(O)c1cccc(-c2ccc(Oc3ccc(C(F)(F)F)cc3CN3CCC(O)C3)cc2)n1. The Hall–Kier alpha value is -2.98. The van der Waals surface area contributed by atoms with Crippen molar-refractivity contribution < 1.29 is 33.2 Å². The van der Waals surface area contributed by atoms with Gasteiger partial charge in [0.25, 0.3) is 0 Å². The minimum atomic E-state index is -4.47. The Labute approximate surface area is 194 Å². The summed E-state index contributed by atoms with van der Waals surface area (Å²) in [6.45, 7) is 0.803. The van der Waals surface area contributed by atoms with Gasteiger partial charge in [-0.2, -0.15) is 13.2 Å². The maximum Gasteiger partial charge on any atom is 0.416 e. The molecular weight excluding hydrogens is 449 g/mol. The predicted octanol–water partition coefficient (Wildman–Crippen LogP) is 4.15. The minimum Gasteiger partial charge on any atom is -0.457 e. The van der Waals surface area contributed by atoms with E-state index < -0.39 is 30.6 Å². The monoisotopic (exact) mass is 474 g/mol. The number of pyridine rings is 1. The number of likely N-dealkylation sites (tertiary alicyclic amines) is 1. The summed E-state index contributed by atoms with van der Waals surface area (Å²) in [4.78, 5) is 6.25. The highest BCUT2D eigenvalue weighted by atomic mass is 19.4. The number of aliphatic hydroxyl groups is 3. The average molecular weight is 474 g/mol. The molecule has 0 spiro atoms. The molecule has 180 valence electrons. The zero-order valence-electron chi connectivity index (χ0n) is 18.2. The molecule has 1 saturated heterocycles. The molecule has 4 rings (SSSR count). The number of alkyl halides is 3. The molecule has 6 nitrogen and oxygen atoms in total. The molecule has 34 heavy (non-hydrogen) atoms. The number of nitrogens with zero attached hydrogens (tertiary/aromatic N) is 2. The van der Waals surface area contributed by atoms with Crippen LogP contribution in [0.2, 0.25) is 0 Å². The second-order valence-electron chi connectivity index (χ2n) is 8.27. The van der Waals surface area contributed by atoms with Crippen LogP contribution in [0, 0.1) is 0 Å². The summed E-state index contributed by atoms with van der Waals surface area (Å²) in [6.07, 6.45) is -5.43. The van der Waals surface area contributed by atoms with Crippen LogP contribution in [0.3, 0.4) is 0 Å². The first-order chi connectivity index (χ1) is 16.2. The molecule has 2 aromatic carbocycles.